The summed E-state index contributed by atoms with van der Waals surface area (Å²) < 4.78 is 5.12. The van der Waals surface area contributed by atoms with Crippen LogP contribution >= 0.6 is 0 Å². The number of methoxy groups -OCH3 is 1. The maximum atomic E-state index is 5.12. The van der Waals surface area contributed by atoms with E-state index in [0.717, 1.165) is 18.2 Å². The summed E-state index contributed by atoms with van der Waals surface area (Å²) in [7, 11) is 3.37. The molecule has 0 spiro atoms. The van der Waals surface area contributed by atoms with Gasteiger partial charge in [-0.25, -0.2) is 4.98 Å². The van der Waals surface area contributed by atoms with Gasteiger partial charge in [0.05, 0.1) is 19.3 Å². The molecule has 0 radical (unpaired) electrons. The summed E-state index contributed by atoms with van der Waals surface area (Å²) in [4.78, 5) is 8.58. The molecule has 2 aromatic rings. The zero-order valence-electron chi connectivity index (χ0n) is 13.3. The number of nitrogens with zero attached hydrogens (tertiary/aromatic N) is 2. The molecule has 1 heterocycles. The van der Waals surface area contributed by atoms with Crippen LogP contribution in [-0.4, -0.2) is 25.1 Å². The molecule has 0 amide bonds. The van der Waals surface area contributed by atoms with Gasteiger partial charge in [0, 0.05) is 19.7 Å². The van der Waals surface area contributed by atoms with Gasteiger partial charge < -0.3 is 15.4 Å². The number of rotatable bonds is 5. The minimum Gasteiger partial charge on any atom is -0.481 e. The standard InChI is InChI=1S/C17H22N4O/c1-13-6-4-7-14(10-13)11-19-17(18-2)20-12-15-8-5-9-16(21-15)22-3/h4-10H,11-12H2,1-3H3,(H2,18,19,20). The second kappa shape index (κ2) is 8.02. The highest BCUT2D eigenvalue weighted by atomic mass is 16.5. The van der Waals surface area contributed by atoms with E-state index in [1.54, 1.807) is 14.2 Å². The highest BCUT2D eigenvalue weighted by Gasteiger charge is 2.01. The number of aromatic nitrogens is 1. The third-order valence-corrected chi connectivity index (χ3v) is 3.19. The van der Waals surface area contributed by atoms with Crippen molar-refractivity contribution < 1.29 is 4.74 Å². The SMILES string of the molecule is CN=C(NCc1cccc(C)c1)NCc1cccc(OC)n1. The number of hydrogen-bond acceptors (Lipinski definition) is 3. The molecular weight excluding hydrogens is 276 g/mol. The molecule has 0 aliphatic carbocycles. The summed E-state index contributed by atoms with van der Waals surface area (Å²) in [6, 6.07) is 14.1. The molecule has 2 rings (SSSR count). The van der Waals surface area contributed by atoms with Crippen molar-refractivity contribution in [3.63, 3.8) is 0 Å². The van der Waals surface area contributed by atoms with Crippen LogP contribution in [0, 0.1) is 6.92 Å². The number of ether oxygens (including phenoxy) is 1. The molecule has 2 N–H and O–H groups in total. The predicted molar refractivity (Wildman–Crippen MR) is 89.0 cm³/mol. The zero-order valence-corrected chi connectivity index (χ0v) is 13.3. The molecule has 1 aromatic heterocycles. The quantitative estimate of drug-likeness (QED) is 0.657. The third-order valence-electron chi connectivity index (χ3n) is 3.19. The van der Waals surface area contributed by atoms with Crippen LogP contribution in [0.4, 0.5) is 0 Å². The third kappa shape index (κ3) is 4.77. The van der Waals surface area contributed by atoms with Crippen LogP contribution in [0.2, 0.25) is 0 Å². The van der Waals surface area contributed by atoms with Crippen molar-refractivity contribution in [2.24, 2.45) is 4.99 Å². The fourth-order valence-corrected chi connectivity index (χ4v) is 2.07. The van der Waals surface area contributed by atoms with E-state index in [9.17, 15) is 0 Å². The summed E-state index contributed by atoms with van der Waals surface area (Å²) in [5, 5.41) is 6.53. The first-order valence-corrected chi connectivity index (χ1v) is 7.21. The Morgan fingerprint density at radius 2 is 1.91 bits per heavy atom. The Kier molecular flexibility index (Phi) is 5.77. The van der Waals surface area contributed by atoms with Crippen molar-refractivity contribution in [2.45, 2.75) is 20.0 Å². The molecule has 0 saturated heterocycles. The van der Waals surface area contributed by atoms with Gasteiger partial charge in [-0.3, -0.25) is 4.99 Å². The van der Waals surface area contributed by atoms with Gasteiger partial charge in [-0.15, -0.1) is 0 Å². The normalized spacial score (nSPS) is 11.1. The lowest BCUT2D eigenvalue weighted by Crippen LogP contribution is -2.36. The molecule has 1 aromatic carbocycles. The van der Waals surface area contributed by atoms with Gasteiger partial charge in [-0.2, -0.15) is 0 Å². The highest BCUT2D eigenvalue weighted by Crippen LogP contribution is 2.06. The van der Waals surface area contributed by atoms with Gasteiger partial charge in [0.25, 0.3) is 0 Å². The van der Waals surface area contributed by atoms with E-state index in [-0.39, 0.29) is 0 Å². The van der Waals surface area contributed by atoms with E-state index in [1.165, 1.54) is 11.1 Å². The van der Waals surface area contributed by atoms with Crippen LogP contribution in [0.25, 0.3) is 0 Å². The Morgan fingerprint density at radius 1 is 1.14 bits per heavy atom. The molecule has 0 aliphatic heterocycles. The maximum absolute atomic E-state index is 5.12. The monoisotopic (exact) mass is 298 g/mol. The Bertz CT molecular complexity index is 640. The maximum Gasteiger partial charge on any atom is 0.213 e. The molecular formula is C17H22N4O. The molecule has 0 atom stereocenters. The number of guanidine groups is 1. The Morgan fingerprint density at radius 3 is 2.64 bits per heavy atom. The Labute approximate surface area is 131 Å². The van der Waals surface area contributed by atoms with Crippen LogP contribution in [0.1, 0.15) is 16.8 Å². The second-order valence-corrected chi connectivity index (χ2v) is 4.94. The summed E-state index contributed by atoms with van der Waals surface area (Å²) in [6.07, 6.45) is 0. The average molecular weight is 298 g/mol. The first kappa shape index (κ1) is 15.8. The van der Waals surface area contributed by atoms with E-state index in [0.29, 0.717) is 12.4 Å². The minimum atomic E-state index is 0.588. The van der Waals surface area contributed by atoms with Crippen molar-refractivity contribution in [1.82, 2.24) is 15.6 Å². The summed E-state index contributed by atoms with van der Waals surface area (Å²) >= 11 is 0. The molecule has 0 bridgehead atoms. The predicted octanol–water partition coefficient (Wildman–Crippen LogP) is 2.26. The van der Waals surface area contributed by atoms with Gasteiger partial charge in [0.2, 0.25) is 5.88 Å². The first-order valence-electron chi connectivity index (χ1n) is 7.21. The van der Waals surface area contributed by atoms with E-state index >= 15 is 0 Å². The van der Waals surface area contributed by atoms with Crippen molar-refractivity contribution >= 4 is 5.96 Å². The largest absolute Gasteiger partial charge is 0.481 e. The summed E-state index contributed by atoms with van der Waals surface area (Å²) in [6.45, 7) is 3.41. The highest BCUT2D eigenvalue weighted by molar-refractivity contribution is 5.79. The lowest BCUT2D eigenvalue weighted by atomic mass is 10.1. The number of hydrogen-bond donors (Lipinski definition) is 2. The Balaban J connectivity index is 1.87. The van der Waals surface area contributed by atoms with Crippen molar-refractivity contribution in [2.75, 3.05) is 14.2 Å². The van der Waals surface area contributed by atoms with Gasteiger partial charge in [-0.1, -0.05) is 35.9 Å². The molecule has 116 valence electrons. The molecule has 22 heavy (non-hydrogen) atoms. The molecule has 0 aliphatic rings. The van der Waals surface area contributed by atoms with Crippen LogP contribution in [0.15, 0.2) is 47.5 Å². The van der Waals surface area contributed by atoms with Gasteiger partial charge in [-0.05, 0) is 18.6 Å². The van der Waals surface area contributed by atoms with Crippen molar-refractivity contribution in [3.8, 4) is 5.88 Å². The zero-order chi connectivity index (χ0) is 15.8. The van der Waals surface area contributed by atoms with Crippen LogP contribution in [0.3, 0.4) is 0 Å². The topological polar surface area (TPSA) is 58.5 Å². The number of aliphatic imine (C=N–C) groups is 1. The fourth-order valence-electron chi connectivity index (χ4n) is 2.07. The Hall–Kier alpha value is -2.56. The summed E-state index contributed by atoms with van der Waals surface area (Å²) in [5.74, 6) is 1.35. The first-order chi connectivity index (χ1) is 10.7. The molecule has 0 saturated carbocycles. The van der Waals surface area contributed by atoms with Crippen molar-refractivity contribution in [3.05, 3.63) is 59.3 Å². The second-order valence-electron chi connectivity index (χ2n) is 4.94. The molecule has 5 nitrogen and oxygen atoms in total. The van der Waals surface area contributed by atoms with Gasteiger partial charge >= 0.3 is 0 Å². The number of aryl methyl sites for hydroxylation is 1. The average Bonchev–Trinajstić information content (AvgIpc) is 2.55. The van der Waals surface area contributed by atoms with Crippen LogP contribution in [0.5, 0.6) is 5.88 Å². The molecule has 0 fully saturated rings. The van der Waals surface area contributed by atoms with Crippen LogP contribution < -0.4 is 15.4 Å². The van der Waals surface area contributed by atoms with Gasteiger partial charge in [0.1, 0.15) is 0 Å². The number of pyridine rings is 1. The molecule has 5 heteroatoms. The lowest BCUT2D eigenvalue weighted by Gasteiger charge is -2.12. The van der Waals surface area contributed by atoms with Crippen molar-refractivity contribution in [1.29, 1.82) is 0 Å². The van der Waals surface area contributed by atoms with E-state index in [4.69, 9.17) is 4.74 Å². The van der Waals surface area contributed by atoms with E-state index in [1.807, 2.05) is 18.2 Å². The number of nitrogens with one attached hydrogen (secondary N) is 2. The van der Waals surface area contributed by atoms with E-state index in [2.05, 4.69) is 51.8 Å². The van der Waals surface area contributed by atoms with E-state index < -0.39 is 0 Å². The minimum absolute atomic E-state index is 0.588. The lowest BCUT2D eigenvalue weighted by molar-refractivity contribution is 0.396. The van der Waals surface area contributed by atoms with Crippen LogP contribution in [-0.2, 0) is 13.1 Å². The summed E-state index contributed by atoms with van der Waals surface area (Å²) in [5.41, 5.74) is 3.38. The smallest absolute Gasteiger partial charge is 0.213 e. The molecule has 0 unspecified atom stereocenters. The van der Waals surface area contributed by atoms with Gasteiger partial charge in [0.15, 0.2) is 5.96 Å². The fraction of sp³-hybridized carbons (Fsp3) is 0.294. The number of benzene rings is 1.